The SMILES string of the molecule is Cc1ccc(COc2ccccc2/C=C2\SC(=S)N(c3ccccc3)C2=O)cc1. The number of hydrogen-bond donors (Lipinski definition) is 0. The highest BCUT2D eigenvalue weighted by Crippen LogP contribution is 2.37. The molecule has 1 saturated heterocycles. The van der Waals surface area contributed by atoms with Crippen LogP contribution in [0.5, 0.6) is 5.75 Å². The van der Waals surface area contributed by atoms with Crippen LogP contribution >= 0.6 is 24.0 Å². The monoisotopic (exact) mass is 417 g/mol. The van der Waals surface area contributed by atoms with Gasteiger partial charge in [0.05, 0.1) is 10.6 Å². The molecule has 1 fully saturated rings. The van der Waals surface area contributed by atoms with Crippen LogP contribution in [0.15, 0.2) is 83.8 Å². The van der Waals surface area contributed by atoms with Gasteiger partial charge >= 0.3 is 0 Å². The Hall–Kier alpha value is -2.89. The lowest BCUT2D eigenvalue weighted by atomic mass is 10.1. The molecule has 1 aliphatic rings. The first-order valence-corrected chi connectivity index (χ1v) is 10.4. The van der Waals surface area contributed by atoms with Gasteiger partial charge in [0.15, 0.2) is 4.32 Å². The summed E-state index contributed by atoms with van der Waals surface area (Å²) in [5.74, 6) is 0.623. The molecule has 0 spiro atoms. The van der Waals surface area contributed by atoms with Gasteiger partial charge in [0.1, 0.15) is 12.4 Å². The normalized spacial score (nSPS) is 15.2. The van der Waals surface area contributed by atoms with Crippen molar-refractivity contribution in [3.8, 4) is 5.75 Å². The number of anilines is 1. The molecule has 29 heavy (non-hydrogen) atoms. The molecule has 0 saturated carbocycles. The van der Waals surface area contributed by atoms with E-state index in [1.807, 2.05) is 60.7 Å². The van der Waals surface area contributed by atoms with Crippen molar-refractivity contribution in [1.29, 1.82) is 0 Å². The maximum absolute atomic E-state index is 13.0. The quantitative estimate of drug-likeness (QED) is 0.377. The molecule has 1 heterocycles. The maximum atomic E-state index is 13.0. The van der Waals surface area contributed by atoms with E-state index in [1.54, 1.807) is 4.90 Å². The van der Waals surface area contributed by atoms with Crippen LogP contribution in [0, 0.1) is 6.92 Å². The van der Waals surface area contributed by atoms with Gasteiger partial charge in [-0.05, 0) is 36.8 Å². The average Bonchev–Trinajstić information content (AvgIpc) is 3.02. The van der Waals surface area contributed by atoms with E-state index in [2.05, 4.69) is 31.2 Å². The van der Waals surface area contributed by atoms with Gasteiger partial charge in [-0.15, -0.1) is 0 Å². The Kier molecular flexibility index (Phi) is 5.79. The van der Waals surface area contributed by atoms with Crippen molar-refractivity contribution in [1.82, 2.24) is 0 Å². The van der Waals surface area contributed by atoms with E-state index in [4.69, 9.17) is 17.0 Å². The summed E-state index contributed by atoms with van der Waals surface area (Å²) < 4.78 is 6.57. The fraction of sp³-hybridized carbons (Fsp3) is 0.0833. The van der Waals surface area contributed by atoms with Crippen molar-refractivity contribution >= 4 is 46.0 Å². The third kappa shape index (κ3) is 4.42. The largest absolute Gasteiger partial charge is 0.488 e. The van der Waals surface area contributed by atoms with E-state index in [0.717, 1.165) is 22.6 Å². The van der Waals surface area contributed by atoms with Gasteiger partial charge in [0.2, 0.25) is 0 Å². The summed E-state index contributed by atoms with van der Waals surface area (Å²) in [7, 11) is 0. The molecule has 144 valence electrons. The van der Waals surface area contributed by atoms with Gasteiger partial charge in [-0.25, -0.2) is 0 Å². The Labute approximate surface area is 180 Å². The van der Waals surface area contributed by atoms with Crippen molar-refractivity contribution in [2.45, 2.75) is 13.5 Å². The average molecular weight is 418 g/mol. The van der Waals surface area contributed by atoms with Crippen molar-refractivity contribution in [2.24, 2.45) is 0 Å². The molecule has 0 bridgehead atoms. The molecule has 0 aromatic heterocycles. The van der Waals surface area contributed by atoms with E-state index < -0.39 is 0 Å². The zero-order chi connectivity index (χ0) is 20.2. The Morgan fingerprint density at radius 3 is 2.41 bits per heavy atom. The Morgan fingerprint density at radius 1 is 0.966 bits per heavy atom. The first-order chi connectivity index (χ1) is 14.1. The third-order valence-electron chi connectivity index (χ3n) is 4.53. The lowest BCUT2D eigenvalue weighted by molar-refractivity contribution is -0.113. The highest BCUT2D eigenvalue weighted by Gasteiger charge is 2.33. The number of hydrogen-bond acceptors (Lipinski definition) is 4. The lowest BCUT2D eigenvalue weighted by Crippen LogP contribution is -2.27. The fourth-order valence-corrected chi connectivity index (χ4v) is 4.28. The number of carbonyl (C=O) groups is 1. The molecule has 0 radical (unpaired) electrons. The number of benzene rings is 3. The van der Waals surface area contributed by atoms with Gasteiger partial charge in [-0.1, -0.05) is 90.2 Å². The lowest BCUT2D eigenvalue weighted by Gasteiger charge is -2.14. The molecule has 5 heteroatoms. The van der Waals surface area contributed by atoms with Crippen molar-refractivity contribution in [3.05, 3.63) is 100 Å². The summed E-state index contributed by atoms with van der Waals surface area (Å²) in [4.78, 5) is 15.1. The Bertz CT molecular complexity index is 1080. The van der Waals surface area contributed by atoms with Crippen LogP contribution in [0.3, 0.4) is 0 Å². The zero-order valence-electron chi connectivity index (χ0n) is 15.9. The topological polar surface area (TPSA) is 29.5 Å². The molecule has 4 rings (SSSR count). The number of thioether (sulfide) groups is 1. The second kappa shape index (κ2) is 8.64. The molecular formula is C24H19NO2S2. The second-order valence-electron chi connectivity index (χ2n) is 6.66. The molecule has 0 atom stereocenters. The van der Waals surface area contributed by atoms with E-state index in [9.17, 15) is 4.79 Å². The number of aryl methyl sites for hydroxylation is 1. The predicted octanol–water partition coefficient (Wildman–Crippen LogP) is 5.98. The van der Waals surface area contributed by atoms with Crippen LogP contribution in [-0.4, -0.2) is 10.2 Å². The van der Waals surface area contributed by atoms with E-state index >= 15 is 0 Å². The van der Waals surface area contributed by atoms with E-state index in [-0.39, 0.29) is 5.91 Å². The summed E-state index contributed by atoms with van der Waals surface area (Å²) >= 11 is 6.76. The summed E-state index contributed by atoms with van der Waals surface area (Å²) in [5.41, 5.74) is 3.95. The summed E-state index contributed by atoms with van der Waals surface area (Å²) in [6, 6.07) is 25.4. The number of ether oxygens (including phenoxy) is 1. The molecule has 1 aliphatic heterocycles. The van der Waals surface area contributed by atoms with E-state index in [0.29, 0.717) is 15.8 Å². The molecular weight excluding hydrogens is 398 g/mol. The maximum Gasteiger partial charge on any atom is 0.270 e. The first-order valence-electron chi connectivity index (χ1n) is 9.22. The number of carbonyl (C=O) groups excluding carboxylic acids is 1. The third-order valence-corrected chi connectivity index (χ3v) is 5.83. The molecule has 3 aromatic carbocycles. The van der Waals surface area contributed by atoms with Crippen molar-refractivity contribution in [3.63, 3.8) is 0 Å². The van der Waals surface area contributed by atoms with Crippen LogP contribution in [0.2, 0.25) is 0 Å². The minimum atomic E-state index is -0.112. The number of thiocarbonyl (C=S) groups is 1. The summed E-state index contributed by atoms with van der Waals surface area (Å²) in [6.45, 7) is 2.53. The van der Waals surface area contributed by atoms with Gasteiger partial charge < -0.3 is 4.74 Å². The summed E-state index contributed by atoms with van der Waals surface area (Å²) in [6.07, 6.45) is 1.85. The number of amides is 1. The molecule has 0 unspecified atom stereocenters. The van der Waals surface area contributed by atoms with Crippen LogP contribution in [0.4, 0.5) is 5.69 Å². The first kappa shape index (κ1) is 19.4. The van der Waals surface area contributed by atoms with Crippen molar-refractivity contribution < 1.29 is 9.53 Å². The molecule has 0 N–H and O–H groups in total. The molecule has 1 amide bonds. The van der Waals surface area contributed by atoms with Crippen LogP contribution < -0.4 is 9.64 Å². The van der Waals surface area contributed by atoms with Crippen molar-refractivity contribution in [2.75, 3.05) is 4.90 Å². The number of para-hydroxylation sites is 2. The molecule has 3 aromatic rings. The van der Waals surface area contributed by atoms with Crippen LogP contribution in [0.25, 0.3) is 6.08 Å². The molecule has 3 nitrogen and oxygen atoms in total. The highest BCUT2D eigenvalue weighted by atomic mass is 32.2. The van der Waals surface area contributed by atoms with Gasteiger partial charge in [0.25, 0.3) is 5.91 Å². The highest BCUT2D eigenvalue weighted by molar-refractivity contribution is 8.27. The van der Waals surface area contributed by atoms with Gasteiger partial charge in [0, 0.05) is 5.56 Å². The Balaban J connectivity index is 1.56. The van der Waals surface area contributed by atoms with E-state index in [1.165, 1.54) is 17.3 Å². The number of nitrogens with zero attached hydrogens (tertiary/aromatic N) is 1. The second-order valence-corrected chi connectivity index (χ2v) is 8.34. The standard InChI is InChI=1S/C24H19NO2S2/c1-17-11-13-18(14-12-17)16-27-21-10-6-5-7-19(21)15-22-23(26)25(24(28)29-22)20-8-3-2-4-9-20/h2-15H,16H2,1H3/b22-15-. The predicted molar refractivity (Wildman–Crippen MR) is 124 cm³/mol. The van der Waals surface area contributed by atoms with Gasteiger partial charge in [-0.3, -0.25) is 9.69 Å². The van der Waals surface area contributed by atoms with Gasteiger partial charge in [-0.2, -0.15) is 0 Å². The summed E-state index contributed by atoms with van der Waals surface area (Å²) in [5, 5.41) is 0. The minimum absolute atomic E-state index is 0.112. The fourth-order valence-electron chi connectivity index (χ4n) is 2.99. The molecule has 0 aliphatic carbocycles. The van der Waals surface area contributed by atoms with Crippen LogP contribution in [-0.2, 0) is 11.4 Å². The minimum Gasteiger partial charge on any atom is -0.488 e. The van der Waals surface area contributed by atoms with Crippen LogP contribution in [0.1, 0.15) is 16.7 Å². The number of rotatable bonds is 5. The zero-order valence-corrected chi connectivity index (χ0v) is 17.5. The smallest absolute Gasteiger partial charge is 0.270 e. The Morgan fingerprint density at radius 2 is 1.66 bits per heavy atom.